The summed E-state index contributed by atoms with van der Waals surface area (Å²) in [6, 6.07) is 2.51. The Balaban J connectivity index is 2.30. The van der Waals surface area contributed by atoms with E-state index in [0.717, 1.165) is 22.9 Å². The topological polar surface area (TPSA) is 42.2 Å². The van der Waals surface area contributed by atoms with E-state index in [4.69, 9.17) is 18.0 Å². The van der Waals surface area contributed by atoms with Gasteiger partial charge in [0.15, 0.2) is 0 Å². The maximum atomic E-state index is 5.87. The maximum absolute atomic E-state index is 5.87. The molecule has 3 nitrogen and oxygen atoms in total. The minimum absolute atomic E-state index is 0.441. The zero-order valence-corrected chi connectivity index (χ0v) is 12.8. The Kier molecular flexibility index (Phi) is 4.40. The second kappa shape index (κ2) is 5.87. The van der Waals surface area contributed by atoms with E-state index in [1.165, 1.54) is 25.7 Å². The summed E-state index contributed by atoms with van der Waals surface area (Å²) in [5.74, 6) is 1.73. The number of pyridine rings is 1. The molecule has 19 heavy (non-hydrogen) atoms. The molecular formula is C15H23N3S. The molecule has 2 N–H and O–H groups in total. The van der Waals surface area contributed by atoms with Crippen molar-refractivity contribution in [2.24, 2.45) is 11.7 Å². The molecule has 2 atom stereocenters. The van der Waals surface area contributed by atoms with Gasteiger partial charge in [-0.1, -0.05) is 32.0 Å². The summed E-state index contributed by atoms with van der Waals surface area (Å²) in [6.45, 7) is 4.37. The van der Waals surface area contributed by atoms with Crippen molar-refractivity contribution < 1.29 is 0 Å². The van der Waals surface area contributed by atoms with E-state index in [1.54, 1.807) is 0 Å². The van der Waals surface area contributed by atoms with E-state index in [-0.39, 0.29) is 0 Å². The second-order valence-electron chi connectivity index (χ2n) is 5.73. The first-order valence-electron chi connectivity index (χ1n) is 6.99. The molecule has 104 valence electrons. The molecule has 0 spiro atoms. The molecule has 1 saturated carbocycles. The van der Waals surface area contributed by atoms with Crippen molar-refractivity contribution in [3.05, 3.63) is 23.4 Å². The molecule has 1 fully saturated rings. The van der Waals surface area contributed by atoms with Gasteiger partial charge in [0.25, 0.3) is 0 Å². The van der Waals surface area contributed by atoms with E-state index in [1.807, 2.05) is 19.2 Å². The van der Waals surface area contributed by atoms with Crippen LogP contribution >= 0.6 is 12.2 Å². The van der Waals surface area contributed by atoms with Gasteiger partial charge < -0.3 is 10.6 Å². The minimum atomic E-state index is 0.441. The number of thiocarbonyl (C=S) groups is 1. The highest BCUT2D eigenvalue weighted by Gasteiger charge is 2.25. The van der Waals surface area contributed by atoms with Gasteiger partial charge >= 0.3 is 0 Å². The van der Waals surface area contributed by atoms with Gasteiger partial charge in [0.1, 0.15) is 10.8 Å². The first-order chi connectivity index (χ1) is 9.00. The molecule has 0 radical (unpaired) electrons. The van der Waals surface area contributed by atoms with Crippen LogP contribution in [0.15, 0.2) is 12.3 Å². The van der Waals surface area contributed by atoms with Crippen LogP contribution in [0.4, 0.5) is 5.82 Å². The average Bonchev–Trinajstić information content (AvgIpc) is 2.37. The van der Waals surface area contributed by atoms with Crippen LogP contribution in [0.5, 0.6) is 0 Å². The smallest absolute Gasteiger partial charge is 0.139 e. The standard InChI is InChI=1S/C15H23N3S/c1-10-5-4-6-12(9-10)18(3)15-13(14(16)19)11(2)7-8-17-15/h7-8,10,12H,4-6,9H2,1-3H3,(H2,16,19). The van der Waals surface area contributed by atoms with Crippen molar-refractivity contribution in [3.63, 3.8) is 0 Å². The third-order valence-electron chi connectivity index (χ3n) is 4.18. The van der Waals surface area contributed by atoms with Crippen molar-refractivity contribution in [3.8, 4) is 0 Å². The van der Waals surface area contributed by atoms with Crippen LogP contribution in [0.25, 0.3) is 0 Å². The van der Waals surface area contributed by atoms with Gasteiger partial charge in [-0.05, 0) is 37.3 Å². The van der Waals surface area contributed by atoms with Crippen LogP contribution in [-0.4, -0.2) is 23.1 Å². The molecule has 1 aromatic heterocycles. The quantitative estimate of drug-likeness (QED) is 0.862. The van der Waals surface area contributed by atoms with Crippen LogP contribution in [0.2, 0.25) is 0 Å². The molecule has 4 heteroatoms. The van der Waals surface area contributed by atoms with E-state index in [2.05, 4.69) is 23.9 Å². The zero-order valence-electron chi connectivity index (χ0n) is 12.0. The third kappa shape index (κ3) is 3.06. The van der Waals surface area contributed by atoms with Gasteiger partial charge in [-0.25, -0.2) is 4.98 Å². The van der Waals surface area contributed by atoms with Crippen LogP contribution in [0.3, 0.4) is 0 Å². The van der Waals surface area contributed by atoms with E-state index < -0.39 is 0 Å². The fourth-order valence-corrected chi connectivity index (χ4v) is 3.29. The van der Waals surface area contributed by atoms with Crippen molar-refractivity contribution in [1.29, 1.82) is 0 Å². The lowest BCUT2D eigenvalue weighted by Crippen LogP contribution is -2.37. The molecule has 1 aromatic rings. The van der Waals surface area contributed by atoms with E-state index in [0.29, 0.717) is 11.0 Å². The first kappa shape index (κ1) is 14.3. The molecule has 0 aromatic carbocycles. The molecular weight excluding hydrogens is 254 g/mol. The lowest BCUT2D eigenvalue weighted by molar-refractivity contribution is 0.335. The number of aryl methyl sites for hydroxylation is 1. The summed E-state index contributed by atoms with van der Waals surface area (Å²) in [6.07, 6.45) is 6.93. The third-order valence-corrected chi connectivity index (χ3v) is 4.38. The zero-order chi connectivity index (χ0) is 14.0. The highest BCUT2D eigenvalue weighted by molar-refractivity contribution is 7.80. The number of anilines is 1. The fourth-order valence-electron chi connectivity index (χ4n) is 3.04. The Morgan fingerprint density at radius 3 is 2.84 bits per heavy atom. The van der Waals surface area contributed by atoms with Gasteiger partial charge in [0.2, 0.25) is 0 Å². The summed E-state index contributed by atoms with van der Waals surface area (Å²) < 4.78 is 0. The van der Waals surface area contributed by atoms with Crippen LogP contribution in [0.1, 0.15) is 43.7 Å². The molecule has 2 rings (SSSR count). The van der Waals surface area contributed by atoms with Crippen molar-refractivity contribution in [2.45, 2.75) is 45.6 Å². The molecule has 1 aliphatic rings. The average molecular weight is 277 g/mol. The second-order valence-corrected chi connectivity index (χ2v) is 6.17. The normalized spacial score (nSPS) is 23.1. The molecule has 0 bridgehead atoms. The van der Waals surface area contributed by atoms with Gasteiger partial charge in [-0.15, -0.1) is 0 Å². The molecule has 1 heterocycles. The Morgan fingerprint density at radius 2 is 2.21 bits per heavy atom. The summed E-state index contributed by atoms with van der Waals surface area (Å²) in [5, 5.41) is 0. The van der Waals surface area contributed by atoms with Gasteiger partial charge in [-0.3, -0.25) is 0 Å². The molecule has 0 saturated heterocycles. The Bertz CT molecular complexity index is 472. The van der Waals surface area contributed by atoms with E-state index in [9.17, 15) is 0 Å². The molecule has 2 unspecified atom stereocenters. The lowest BCUT2D eigenvalue weighted by Gasteiger charge is -2.35. The Morgan fingerprint density at radius 1 is 1.47 bits per heavy atom. The first-order valence-corrected chi connectivity index (χ1v) is 7.39. The summed E-state index contributed by atoms with van der Waals surface area (Å²) in [5.41, 5.74) is 7.91. The largest absolute Gasteiger partial charge is 0.389 e. The predicted molar refractivity (Wildman–Crippen MR) is 84.7 cm³/mol. The van der Waals surface area contributed by atoms with Crippen LogP contribution in [0, 0.1) is 12.8 Å². The fraction of sp³-hybridized carbons (Fsp3) is 0.600. The Hall–Kier alpha value is -1.16. The van der Waals surface area contributed by atoms with Gasteiger partial charge in [0.05, 0.1) is 5.56 Å². The number of rotatable bonds is 3. The SMILES string of the molecule is Cc1ccnc(N(C)C2CCCC(C)C2)c1C(N)=S. The van der Waals surface area contributed by atoms with Gasteiger partial charge in [-0.2, -0.15) is 0 Å². The van der Waals surface area contributed by atoms with Gasteiger partial charge in [0, 0.05) is 19.3 Å². The highest BCUT2D eigenvalue weighted by atomic mass is 32.1. The maximum Gasteiger partial charge on any atom is 0.139 e. The molecule has 0 aliphatic heterocycles. The van der Waals surface area contributed by atoms with Crippen molar-refractivity contribution >= 4 is 23.0 Å². The number of nitrogens with two attached hydrogens (primary N) is 1. The summed E-state index contributed by atoms with van der Waals surface area (Å²) in [7, 11) is 2.12. The van der Waals surface area contributed by atoms with Crippen LogP contribution in [-0.2, 0) is 0 Å². The van der Waals surface area contributed by atoms with Crippen molar-refractivity contribution in [1.82, 2.24) is 4.98 Å². The van der Waals surface area contributed by atoms with Crippen LogP contribution < -0.4 is 10.6 Å². The van der Waals surface area contributed by atoms with E-state index >= 15 is 0 Å². The predicted octanol–water partition coefficient (Wildman–Crippen LogP) is 3.04. The molecule has 1 aliphatic carbocycles. The Labute approximate surface area is 121 Å². The number of aromatic nitrogens is 1. The monoisotopic (exact) mass is 277 g/mol. The number of hydrogen-bond donors (Lipinski definition) is 1. The summed E-state index contributed by atoms with van der Waals surface area (Å²) in [4.78, 5) is 7.24. The molecule has 0 amide bonds. The minimum Gasteiger partial charge on any atom is -0.389 e. The highest BCUT2D eigenvalue weighted by Crippen LogP contribution is 2.30. The summed E-state index contributed by atoms with van der Waals surface area (Å²) >= 11 is 5.19. The van der Waals surface area contributed by atoms with Crippen molar-refractivity contribution in [2.75, 3.05) is 11.9 Å². The lowest BCUT2D eigenvalue weighted by atomic mass is 9.86. The number of hydrogen-bond acceptors (Lipinski definition) is 3. The number of nitrogens with zero attached hydrogens (tertiary/aromatic N) is 2.